The normalized spacial score (nSPS) is 48.4. The van der Waals surface area contributed by atoms with Gasteiger partial charge in [-0.05, 0) is 25.2 Å². The smallest absolute Gasteiger partial charge is 0.282 e. The second-order valence-corrected chi connectivity index (χ2v) is 3.92. The van der Waals surface area contributed by atoms with Crippen LogP contribution < -0.4 is 5.73 Å². The van der Waals surface area contributed by atoms with Gasteiger partial charge in [0.25, 0.3) is 6.02 Å². The highest BCUT2D eigenvalue weighted by molar-refractivity contribution is 5.73. The van der Waals surface area contributed by atoms with E-state index in [2.05, 4.69) is 18.8 Å². The van der Waals surface area contributed by atoms with Crippen LogP contribution in [-0.4, -0.2) is 18.2 Å². The van der Waals surface area contributed by atoms with Gasteiger partial charge in [0.05, 0.1) is 0 Å². The summed E-state index contributed by atoms with van der Waals surface area (Å²) < 4.78 is 5.15. The highest BCUT2D eigenvalue weighted by Crippen LogP contribution is 2.48. The van der Waals surface area contributed by atoms with Gasteiger partial charge in [-0.3, -0.25) is 0 Å². The Morgan fingerprint density at radius 1 is 1.73 bits per heavy atom. The summed E-state index contributed by atoms with van der Waals surface area (Å²) in [5.41, 5.74) is 5.44. The molecule has 0 aromatic rings. The van der Waals surface area contributed by atoms with Crippen molar-refractivity contribution in [3.63, 3.8) is 0 Å². The Kier molecular flexibility index (Phi) is 1.20. The second-order valence-electron chi connectivity index (χ2n) is 3.92. The second kappa shape index (κ2) is 1.90. The fourth-order valence-corrected chi connectivity index (χ4v) is 1.92. The van der Waals surface area contributed by atoms with Crippen LogP contribution in [-0.2, 0) is 4.74 Å². The molecule has 0 aromatic heterocycles. The van der Waals surface area contributed by atoms with Crippen molar-refractivity contribution < 1.29 is 4.74 Å². The number of hydrogen-bond acceptors (Lipinski definition) is 3. The number of amidine groups is 1. The molecule has 1 saturated carbocycles. The average molecular weight is 154 g/mol. The van der Waals surface area contributed by atoms with Gasteiger partial charge in [0.15, 0.2) is 0 Å². The van der Waals surface area contributed by atoms with Crippen molar-refractivity contribution in [3.05, 3.63) is 0 Å². The summed E-state index contributed by atoms with van der Waals surface area (Å²) in [5.74, 6) is 1.50. The van der Waals surface area contributed by atoms with E-state index in [1.54, 1.807) is 0 Å². The molecular weight excluding hydrogens is 140 g/mol. The molecule has 2 aliphatic rings. The van der Waals surface area contributed by atoms with E-state index >= 15 is 0 Å². The fraction of sp³-hybridized carbons (Fsp3) is 0.875. The molecule has 3 atom stereocenters. The van der Waals surface area contributed by atoms with Crippen LogP contribution in [0.4, 0.5) is 0 Å². The van der Waals surface area contributed by atoms with Crippen LogP contribution in [0.5, 0.6) is 0 Å². The van der Waals surface area contributed by atoms with Gasteiger partial charge in [-0.2, -0.15) is 0 Å². The van der Waals surface area contributed by atoms with Crippen molar-refractivity contribution >= 4 is 6.02 Å². The molecule has 1 fully saturated rings. The highest BCUT2D eigenvalue weighted by Gasteiger charge is 2.50. The highest BCUT2D eigenvalue weighted by atomic mass is 16.5. The van der Waals surface area contributed by atoms with E-state index in [0.29, 0.717) is 18.5 Å². The predicted molar refractivity (Wildman–Crippen MR) is 43.3 cm³/mol. The van der Waals surface area contributed by atoms with Gasteiger partial charge in [0.1, 0.15) is 12.1 Å². The molecule has 0 amide bonds. The first-order chi connectivity index (χ1) is 5.12. The zero-order valence-electron chi connectivity index (χ0n) is 7.00. The van der Waals surface area contributed by atoms with Gasteiger partial charge < -0.3 is 10.5 Å². The van der Waals surface area contributed by atoms with Crippen molar-refractivity contribution in [2.45, 2.75) is 25.8 Å². The third-order valence-electron chi connectivity index (χ3n) is 2.79. The molecular formula is C8H14N2O. The van der Waals surface area contributed by atoms with Crippen LogP contribution in [0.25, 0.3) is 0 Å². The first kappa shape index (κ1) is 6.95. The predicted octanol–water partition coefficient (Wildman–Crippen LogP) is 0.746. The van der Waals surface area contributed by atoms with Crippen molar-refractivity contribution in [3.8, 4) is 0 Å². The first-order valence-corrected chi connectivity index (χ1v) is 4.10. The topological polar surface area (TPSA) is 47.6 Å². The quantitative estimate of drug-likeness (QED) is 0.605. The van der Waals surface area contributed by atoms with Crippen molar-refractivity contribution in [2.24, 2.45) is 22.6 Å². The number of nitrogens with two attached hydrogens (primary N) is 1. The summed E-state index contributed by atoms with van der Waals surface area (Å²) in [6.45, 7) is 5.05. The Morgan fingerprint density at radius 2 is 2.36 bits per heavy atom. The zero-order valence-corrected chi connectivity index (χ0v) is 7.00. The third kappa shape index (κ3) is 0.988. The molecule has 0 radical (unpaired) electrons. The Labute approximate surface area is 66.6 Å². The summed E-state index contributed by atoms with van der Waals surface area (Å²) in [6.07, 6.45) is 1.27. The summed E-state index contributed by atoms with van der Waals surface area (Å²) in [6, 6.07) is 0.367. The number of nitrogens with zero attached hydrogens (tertiary/aromatic N) is 1. The minimum atomic E-state index is -0.0104. The lowest BCUT2D eigenvalue weighted by Crippen LogP contribution is -2.27. The van der Waals surface area contributed by atoms with E-state index in [0.717, 1.165) is 5.92 Å². The molecule has 11 heavy (non-hydrogen) atoms. The van der Waals surface area contributed by atoms with E-state index in [4.69, 9.17) is 10.5 Å². The number of ether oxygens (including phenoxy) is 1. The van der Waals surface area contributed by atoms with Crippen LogP contribution in [0, 0.1) is 11.8 Å². The van der Waals surface area contributed by atoms with Crippen molar-refractivity contribution in [1.82, 2.24) is 0 Å². The molecule has 0 spiro atoms. The standard InChI is InChI=1S/C8H14N2O/c1-5-3-6(5)8(2)4-11-7(9)10-8/h5-6H,3-4H2,1-2H3,(H2,9,10). The maximum Gasteiger partial charge on any atom is 0.282 e. The Morgan fingerprint density at radius 3 is 2.73 bits per heavy atom. The van der Waals surface area contributed by atoms with Gasteiger partial charge >= 0.3 is 0 Å². The van der Waals surface area contributed by atoms with Crippen LogP contribution in [0.3, 0.4) is 0 Å². The molecule has 62 valence electrons. The molecule has 1 heterocycles. The van der Waals surface area contributed by atoms with E-state index in [9.17, 15) is 0 Å². The number of aliphatic imine (C=N–C) groups is 1. The van der Waals surface area contributed by atoms with Gasteiger partial charge in [0, 0.05) is 0 Å². The molecule has 3 unspecified atom stereocenters. The Balaban J connectivity index is 2.12. The summed E-state index contributed by atoms with van der Waals surface area (Å²) in [7, 11) is 0. The summed E-state index contributed by atoms with van der Waals surface area (Å²) in [5, 5.41) is 0. The van der Waals surface area contributed by atoms with E-state index in [1.807, 2.05) is 0 Å². The Hall–Kier alpha value is -0.730. The SMILES string of the molecule is CC1CC1C1(C)COC(N)=N1. The fourth-order valence-electron chi connectivity index (χ4n) is 1.92. The summed E-state index contributed by atoms with van der Waals surface area (Å²) >= 11 is 0. The zero-order chi connectivity index (χ0) is 8.06. The van der Waals surface area contributed by atoms with Crippen LogP contribution in [0.15, 0.2) is 4.99 Å². The van der Waals surface area contributed by atoms with Crippen molar-refractivity contribution in [1.29, 1.82) is 0 Å². The molecule has 3 nitrogen and oxygen atoms in total. The lowest BCUT2D eigenvalue weighted by molar-refractivity contribution is 0.241. The molecule has 3 heteroatoms. The van der Waals surface area contributed by atoms with Crippen LogP contribution in [0.2, 0.25) is 0 Å². The maximum absolute atomic E-state index is 5.45. The largest absolute Gasteiger partial charge is 0.463 e. The molecule has 1 aliphatic heterocycles. The van der Waals surface area contributed by atoms with Gasteiger partial charge in [-0.25, -0.2) is 4.99 Å². The molecule has 0 aromatic carbocycles. The molecule has 0 bridgehead atoms. The average Bonchev–Trinajstić information content (AvgIpc) is 2.55. The van der Waals surface area contributed by atoms with E-state index < -0.39 is 0 Å². The molecule has 2 N–H and O–H groups in total. The van der Waals surface area contributed by atoms with Gasteiger partial charge in [-0.15, -0.1) is 0 Å². The lowest BCUT2D eigenvalue weighted by Gasteiger charge is -2.16. The number of hydrogen-bond donors (Lipinski definition) is 1. The van der Waals surface area contributed by atoms with Gasteiger partial charge in [0.2, 0.25) is 0 Å². The molecule has 1 aliphatic carbocycles. The molecule has 2 rings (SSSR count). The van der Waals surface area contributed by atoms with Crippen LogP contribution >= 0.6 is 0 Å². The van der Waals surface area contributed by atoms with Crippen molar-refractivity contribution in [2.75, 3.05) is 6.61 Å². The Bertz CT molecular complexity index is 214. The third-order valence-corrected chi connectivity index (χ3v) is 2.79. The molecule has 0 saturated heterocycles. The van der Waals surface area contributed by atoms with Crippen LogP contribution in [0.1, 0.15) is 20.3 Å². The monoisotopic (exact) mass is 154 g/mol. The van der Waals surface area contributed by atoms with E-state index in [-0.39, 0.29) is 5.54 Å². The first-order valence-electron chi connectivity index (χ1n) is 4.10. The minimum absolute atomic E-state index is 0.0104. The minimum Gasteiger partial charge on any atom is -0.463 e. The maximum atomic E-state index is 5.45. The number of rotatable bonds is 1. The summed E-state index contributed by atoms with van der Waals surface area (Å²) in [4.78, 5) is 4.31. The lowest BCUT2D eigenvalue weighted by atomic mass is 9.97. The van der Waals surface area contributed by atoms with Gasteiger partial charge in [-0.1, -0.05) is 6.92 Å². The van der Waals surface area contributed by atoms with E-state index in [1.165, 1.54) is 6.42 Å².